The maximum absolute atomic E-state index is 13.1. The monoisotopic (exact) mass is 514 g/mol. The van der Waals surface area contributed by atoms with Crippen molar-refractivity contribution in [3.05, 3.63) is 64.7 Å². The van der Waals surface area contributed by atoms with E-state index < -0.39 is 11.7 Å². The molecule has 2 fully saturated rings. The highest BCUT2D eigenvalue weighted by Crippen LogP contribution is 2.36. The third-order valence-corrected chi connectivity index (χ3v) is 7.91. The van der Waals surface area contributed by atoms with E-state index in [4.69, 9.17) is 9.47 Å². The predicted molar refractivity (Wildman–Crippen MR) is 136 cm³/mol. The zero-order valence-electron chi connectivity index (χ0n) is 21.0. The standard InChI is InChI=1S/C29H33F3N2O3/c1-36-26-7-3-20(4-8-26)21-10-12-34(13-11-21)17-19-2-6-25(14-19)33-28(35)23-15-22-16-24(29(30,31)32)5-9-27(22)37-18-23/h3-5,7-9,15-16,19,21,25H,2,6,10-14,17-18H2,1H3,(H,33,35)/t19-,25+/m1/s1. The summed E-state index contributed by atoms with van der Waals surface area (Å²) in [7, 11) is 1.68. The fourth-order valence-corrected chi connectivity index (χ4v) is 5.83. The van der Waals surface area contributed by atoms with Crippen molar-refractivity contribution >= 4 is 12.0 Å². The molecule has 198 valence electrons. The van der Waals surface area contributed by atoms with Crippen molar-refractivity contribution in [3.8, 4) is 11.5 Å². The summed E-state index contributed by atoms with van der Waals surface area (Å²) in [6, 6.07) is 11.8. The van der Waals surface area contributed by atoms with E-state index in [2.05, 4.69) is 22.3 Å². The van der Waals surface area contributed by atoms with Crippen molar-refractivity contribution in [1.82, 2.24) is 10.2 Å². The number of fused-ring (bicyclic) bond motifs is 1. The molecule has 2 atom stereocenters. The molecule has 1 amide bonds. The first kappa shape index (κ1) is 25.6. The number of carbonyl (C=O) groups is 1. The molecule has 0 spiro atoms. The summed E-state index contributed by atoms with van der Waals surface area (Å²) in [4.78, 5) is 15.4. The van der Waals surface area contributed by atoms with E-state index >= 15 is 0 Å². The summed E-state index contributed by atoms with van der Waals surface area (Å²) in [6.07, 6.45) is 2.27. The second-order valence-corrected chi connectivity index (χ2v) is 10.4. The quantitative estimate of drug-likeness (QED) is 0.541. The summed E-state index contributed by atoms with van der Waals surface area (Å²) in [5.74, 6) is 2.11. The minimum atomic E-state index is -4.44. The Morgan fingerprint density at radius 3 is 2.54 bits per heavy atom. The van der Waals surface area contributed by atoms with Gasteiger partial charge in [0, 0.05) is 18.2 Å². The number of amides is 1. The molecule has 2 aromatic rings. The number of likely N-dealkylation sites (tertiary alicyclic amines) is 1. The lowest BCUT2D eigenvalue weighted by Crippen LogP contribution is -2.38. The second kappa shape index (κ2) is 10.8. The number of hydrogen-bond acceptors (Lipinski definition) is 4. The van der Waals surface area contributed by atoms with Gasteiger partial charge in [0.2, 0.25) is 0 Å². The Labute approximate surface area is 215 Å². The van der Waals surface area contributed by atoms with Gasteiger partial charge in [-0.05, 0) is 99.0 Å². The van der Waals surface area contributed by atoms with Gasteiger partial charge in [0.15, 0.2) is 0 Å². The lowest BCUT2D eigenvalue weighted by Gasteiger charge is -2.33. The van der Waals surface area contributed by atoms with E-state index in [1.165, 1.54) is 17.7 Å². The zero-order valence-corrected chi connectivity index (χ0v) is 21.0. The first-order valence-corrected chi connectivity index (χ1v) is 13.0. The highest BCUT2D eigenvalue weighted by Gasteiger charge is 2.33. The first-order chi connectivity index (χ1) is 17.8. The number of rotatable bonds is 6. The molecule has 0 bridgehead atoms. The summed E-state index contributed by atoms with van der Waals surface area (Å²) < 4.78 is 50.0. The third kappa shape index (κ3) is 6.12. The molecule has 5 nitrogen and oxygen atoms in total. The van der Waals surface area contributed by atoms with Crippen LogP contribution in [-0.4, -0.2) is 50.2 Å². The highest BCUT2D eigenvalue weighted by atomic mass is 19.4. The molecule has 1 saturated carbocycles. The number of hydrogen-bond donors (Lipinski definition) is 1. The smallest absolute Gasteiger partial charge is 0.416 e. The van der Waals surface area contributed by atoms with Crippen molar-refractivity contribution in [2.24, 2.45) is 5.92 Å². The number of carbonyl (C=O) groups excluding carboxylic acids is 1. The molecule has 0 unspecified atom stereocenters. The first-order valence-electron chi connectivity index (χ1n) is 13.0. The fourth-order valence-electron chi connectivity index (χ4n) is 5.83. The number of nitrogens with one attached hydrogen (secondary N) is 1. The van der Waals surface area contributed by atoms with E-state index in [9.17, 15) is 18.0 Å². The number of piperidine rings is 1. The number of nitrogens with zero attached hydrogens (tertiary/aromatic N) is 1. The second-order valence-electron chi connectivity index (χ2n) is 10.4. The van der Waals surface area contributed by atoms with Gasteiger partial charge in [-0.15, -0.1) is 0 Å². The SMILES string of the molecule is COc1ccc(C2CCN(C[C@@H]3CC[C@H](NC(=O)C4=Cc5cc(C(F)(F)F)ccc5OC4)C3)CC2)cc1. The van der Waals surface area contributed by atoms with Crippen LogP contribution in [0.25, 0.3) is 6.08 Å². The highest BCUT2D eigenvalue weighted by molar-refractivity contribution is 5.99. The fraction of sp³-hybridized carbons (Fsp3) is 0.483. The molecule has 5 rings (SSSR count). The number of methoxy groups -OCH3 is 1. The van der Waals surface area contributed by atoms with Crippen LogP contribution in [0.15, 0.2) is 48.0 Å². The van der Waals surface area contributed by atoms with Gasteiger partial charge >= 0.3 is 6.18 Å². The molecule has 2 heterocycles. The normalized spacial score (nSPS) is 22.6. The van der Waals surface area contributed by atoms with Crippen LogP contribution in [0, 0.1) is 5.92 Å². The van der Waals surface area contributed by atoms with Crippen LogP contribution in [0.3, 0.4) is 0 Å². The van der Waals surface area contributed by atoms with Crippen molar-refractivity contribution in [3.63, 3.8) is 0 Å². The van der Waals surface area contributed by atoms with Crippen LogP contribution in [0.5, 0.6) is 11.5 Å². The van der Waals surface area contributed by atoms with Crippen LogP contribution in [0.2, 0.25) is 0 Å². The summed E-state index contributed by atoms with van der Waals surface area (Å²) in [5, 5.41) is 3.09. The van der Waals surface area contributed by atoms with Crippen LogP contribution in [0.4, 0.5) is 13.2 Å². The van der Waals surface area contributed by atoms with Crippen molar-refractivity contribution in [1.29, 1.82) is 0 Å². The van der Waals surface area contributed by atoms with E-state index in [0.717, 1.165) is 69.6 Å². The van der Waals surface area contributed by atoms with Crippen molar-refractivity contribution in [2.75, 3.05) is 33.4 Å². The lowest BCUT2D eigenvalue weighted by molar-refractivity contribution is -0.137. The Morgan fingerprint density at radius 2 is 1.84 bits per heavy atom. The van der Waals surface area contributed by atoms with Crippen LogP contribution < -0.4 is 14.8 Å². The van der Waals surface area contributed by atoms with Crippen molar-refractivity contribution < 1.29 is 27.4 Å². The predicted octanol–water partition coefficient (Wildman–Crippen LogP) is 5.65. The summed E-state index contributed by atoms with van der Waals surface area (Å²) in [5.41, 5.74) is 1.27. The van der Waals surface area contributed by atoms with Crippen molar-refractivity contribution in [2.45, 2.75) is 50.2 Å². The lowest BCUT2D eigenvalue weighted by atomic mass is 9.89. The average Bonchev–Trinajstić information content (AvgIpc) is 3.34. The Kier molecular flexibility index (Phi) is 7.47. The van der Waals surface area contributed by atoms with Gasteiger partial charge in [-0.2, -0.15) is 13.2 Å². The minimum Gasteiger partial charge on any atom is -0.497 e. The van der Waals surface area contributed by atoms with Crippen LogP contribution >= 0.6 is 0 Å². The largest absolute Gasteiger partial charge is 0.497 e. The summed E-state index contributed by atoms with van der Waals surface area (Å²) in [6.45, 7) is 3.26. The maximum atomic E-state index is 13.1. The van der Waals surface area contributed by atoms with Gasteiger partial charge in [0.25, 0.3) is 5.91 Å². The molecule has 0 radical (unpaired) electrons. The van der Waals surface area contributed by atoms with Gasteiger partial charge in [-0.1, -0.05) is 12.1 Å². The molecule has 0 aromatic heterocycles. The van der Waals surface area contributed by atoms with Crippen LogP contribution in [-0.2, 0) is 11.0 Å². The van der Waals surface area contributed by atoms with Gasteiger partial charge < -0.3 is 19.7 Å². The van der Waals surface area contributed by atoms with E-state index in [-0.39, 0.29) is 24.1 Å². The van der Waals surface area contributed by atoms with Gasteiger partial charge in [-0.3, -0.25) is 4.79 Å². The molecule has 2 aromatic carbocycles. The average molecular weight is 515 g/mol. The van der Waals surface area contributed by atoms with Gasteiger partial charge in [0.1, 0.15) is 18.1 Å². The maximum Gasteiger partial charge on any atom is 0.416 e. The Morgan fingerprint density at radius 1 is 1.08 bits per heavy atom. The molecule has 37 heavy (non-hydrogen) atoms. The third-order valence-electron chi connectivity index (χ3n) is 7.91. The van der Waals surface area contributed by atoms with E-state index in [1.54, 1.807) is 7.11 Å². The zero-order chi connectivity index (χ0) is 26.0. The minimum absolute atomic E-state index is 0.0590. The Hall–Kier alpha value is -3.00. The van der Waals surface area contributed by atoms with Gasteiger partial charge in [-0.25, -0.2) is 0 Å². The molecule has 1 N–H and O–H groups in total. The molecule has 8 heteroatoms. The van der Waals surface area contributed by atoms with Crippen LogP contribution in [0.1, 0.15) is 54.7 Å². The van der Waals surface area contributed by atoms with Gasteiger partial charge in [0.05, 0.1) is 18.2 Å². The van der Waals surface area contributed by atoms with E-state index in [1.807, 2.05) is 12.1 Å². The topological polar surface area (TPSA) is 50.8 Å². The Balaban J connectivity index is 1.09. The number of halogens is 3. The molecular weight excluding hydrogens is 481 g/mol. The number of ether oxygens (including phenoxy) is 2. The summed E-state index contributed by atoms with van der Waals surface area (Å²) >= 11 is 0. The number of alkyl halides is 3. The Bertz CT molecular complexity index is 1140. The van der Waals surface area contributed by atoms with E-state index in [0.29, 0.717) is 23.2 Å². The molecule has 1 aliphatic carbocycles. The molecule has 1 saturated heterocycles. The number of benzene rings is 2. The molecule has 3 aliphatic rings. The molecular formula is C29H33F3N2O3. The molecule has 2 aliphatic heterocycles.